The minimum Gasteiger partial charge on any atom is -0.477 e. The number of aliphatic carboxylic acids is 1. The Morgan fingerprint density at radius 1 is 0.326 bits per heavy atom. The van der Waals surface area contributed by atoms with E-state index in [4.69, 9.17) is 18.9 Å². The Hall–Kier alpha value is -4.05. The van der Waals surface area contributed by atoms with E-state index in [1.54, 1.807) is 0 Å². The molecular formula is C86H152NO8+. The number of unbranched alkanes of at least 4 members (excludes halogenated alkanes) is 41. The Labute approximate surface area is 587 Å². The molecule has 9 heteroatoms. The fraction of sp³-hybridized carbons (Fsp3) is 0.756. The fourth-order valence-corrected chi connectivity index (χ4v) is 11.5. The first-order valence-corrected chi connectivity index (χ1v) is 40.1. The van der Waals surface area contributed by atoms with Gasteiger partial charge in [-0.15, -0.1) is 0 Å². The van der Waals surface area contributed by atoms with E-state index in [1.165, 1.54) is 231 Å². The van der Waals surface area contributed by atoms with Crippen LogP contribution in [0.4, 0.5) is 0 Å². The van der Waals surface area contributed by atoms with Gasteiger partial charge in [-0.1, -0.05) is 374 Å². The highest BCUT2D eigenvalue weighted by Gasteiger charge is 2.25. The van der Waals surface area contributed by atoms with Crippen LogP contribution in [-0.4, -0.2) is 87.4 Å². The average Bonchev–Trinajstić information content (AvgIpc) is 3.54. The molecular weight excluding hydrogens is 1170 g/mol. The van der Waals surface area contributed by atoms with Crippen molar-refractivity contribution >= 4 is 17.9 Å². The van der Waals surface area contributed by atoms with E-state index in [9.17, 15) is 19.5 Å². The van der Waals surface area contributed by atoms with E-state index >= 15 is 0 Å². The van der Waals surface area contributed by atoms with Gasteiger partial charge in [0.05, 0.1) is 34.4 Å². The van der Waals surface area contributed by atoms with Crippen molar-refractivity contribution in [3.05, 3.63) is 109 Å². The Kier molecular flexibility index (Phi) is 72.5. The number of likely N-dealkylation sites (N-methyl/N-ethyl adjacent to an activating group) is 1. The highest BCUT2D eigenvalue weighted by Crippen LogP contribution is 2.19. The maximum absolute atomic E-state index is 13.0. The molecule has 0 heterocycles. The molecule has 0 aromatic carbocycles. The molecule has 0 spiro atoms. The van der Waals surface area contributed by atoms with Crippen molar-refractivity contribution in [3.8, 4) is 0 Å². The zero-order chi connectivity index (χ0) is 69.0. The second kappa shape index (κ2) is 75.7. The average molecular weight is 1330 g/mol. The Morgan fingerprint density at radius 2 is 0.600 bits per heavy atom. The molecule has 95 heavy (non-hydrogen) atoms. The summed E-state index contributed by atoms with van der Waals surface area (Å²) in [6, 6.07) is 0. The summed E-state index contributed by atoms with van der Waals surface area (Å²) in [6.45, 7) is 4.81. The van der Waals surface area contributed by atoms with Crippen LogP contribution in [0.5, 0.6) is 0 Å². The zero-order valence-corrected chi connectivity index (χ0v) is 62.8. The molecule has 0 aliphatic heterocycles. The van der Waals surface area contributed by atoms with Gasteiger partial charge in [0.15, 0.2) is 6.10 Å². The molecule has 0 saturated heterocycles. The SMILES string of the molecule is CC/C=C\C/C=C\C/C=C\C/C=C\C/C=C\C/C=C\C/C=C\C/C=C\C/C=C\CCCCCCCCCCCCCCCC(=O)OC(COC(=O)CCCCCCCCCCCCCCCCCCCCCCCCCCCCCCC)COC(OCC[N+](C)(C)C)C(=O)O. The minimum absolute atomic E-state index is 0.182. The van der Waals surface area contributed by atoms with E-state index in [1.807, 2.05) is 21.1 Å². The van der Waals surface area contributed by atoms with Crippen LogP contribution in [0.2, 0.25) is 0 Å². The normalized spacial score (nSPS) is 13.2. The third-order valence-corrected chi connectivity index (χ3v) is 17.5. The fourth-order valence-electron chi connectivity index (χ4n) is 11.5. The Balaban J connectivity index is 4.04. The summed E-state index contributed by atoms with van der Waals surface area (Å²) in [5.74, 6) is -1.99. The highest BCUT2D eigenvalue weighted by atomic mass is 16.7. The van der Waals surface area contributed by atoms with Crippen molar-refractivity contribution in [1.29, 1.82) is 0 Å². The van der Waals surface area contributed by atoms with Crippen molar-refractivity contribution in [1.82, 2.24) is 0 Å². The van der Waals surface area contributed by atoms with Gasteiger partial charge < -0.3 is 28.5 Å². The maximum atomic E-state index is 13.0. The predicted molar refractivity (Wildman–Crippen MR) is 410 cm³/mol. The molecule has 0 rings (SSSR count). The number of ether oxygens (including phenoxy) is 4. The summed E-state index contributed by atoms with van der Waals surface area (Å²) < 4.78 is 23.0. The van der Waals surface area contributed by atoms with Gasteiger partial charge in [0.25, 0.3) is 6.29 Å². The van der Waals surface area contributed by atoms with Gasteiger partial charge in [-0.3, -0.25) is 9.59 Å². The van der Waals surface area contributed by atoms with E-state index in [2.05, 4.69) is 123 Å². The summed E-state index contributed by atoms with van der Waals surface area (Å²) in [7, 11) is 5.99. The number of nitrogens with zero attached hydrogens (tertiary/aromatic N) is 1. The molecule has 0 radical (unpaired) electrons. The van der Waals surface area contributed by atoms with Gasteiger partial charge in [-0.25, -0.2) is 4.79 Å². The number of carboxylic acid groups (broad SMARTS) is 1. The lowest BCUT2D eigenvalue weighted by Crippen LogP contribution is -2.40. The van der Waals surface area contributed by atoms with Gasteiger partial charge in [0.1, 0.15) is 13.2 Å². The van der Waals surface area contributed by atoms with Crippen LogP contribution in [0.25, 0.3) is 0 Å². The summed E-state index contributed by atoms with van der Waals surface area (Å²) in [5, 5.41) is 9.77. The minimum atomic E-state index is -1.51. The Morgan fingerprint density at radius 3 is 0.895 bits per heavy atom. The molecule has 2 unspecified atom stereocenters. The second-order valence-corrected chi connectivity index (χ2v) is 28.0. The van der Waals surface area contributed by atoms with Crippen LogP contribution in [0, 0.1) is 0 Å². The van der Waals surface area contributed by atoms with Gasteiger partial charge in [-0.05, 0) is 83.5 Å². The van der Waals surface area contributed by atoms with Gasteiger partial charge >= 0.3 is 17.9 Å². The summed E-state index contributed by atoms with van der Waals surface area (Å²) in [5.41, 5.74) is 0. The van der Waals surface area contributed by atoms with Crippen molar-refractivity contribution in [2.24, 2.45) is 0 Å². The number of hydrogen-bond acceptors (Lipinski definition) is 7. The lowest BCUT2D eigenvalue weighted by Gasteiger charge is -2.25. The molecule has 2 atom stereocenters. The van der Waals surface area contributed by atoms with E-state index in [-0.39, 0.29) is 32.2 Å². The summed E-state index contributed by atoms with van der Waals surface area (Å²) in [4.78, 5) is 37.7. The standard InChI is InChI=1S/C86H151NO8/c1-6-8-10-12-14-16-18-20-22-24-26-28-30-32-34-36-37-38-39-40-41-42-43-44-45-46-47-49-51-53-55-57-59-61-63-65-67-69-71-73-75-77-84(89)95-82(81-94-86(85(90)91)92-79-78-87(3,4)5)80-93-83(88)76-74-72-70-68-66-64-62-60-58-56-54-52-50-48-35-33-31-29-27-25-23-21-19-17-15-13-11-9-7-2/h8,10,14,16,20,22,26,28,32,34,37-38,40-41,43-44,46-47,82,86H,6-7,9,11-13,15,17-19,21,23-25,27,29-31,33,35-36,39,42,45,48-81H2,1-5H3/p+1/b10-8-,16-14-,22-20-,28-26-,34-32-,38-37-,41-40-,44-43-,47-46-. The molecule has 0 aromatic heterocycles. The van der Waals surface area contributed by atoms with Gasteiger partial charge in [0, 0.05) is 12.8 Å². The predicted octanol–water partition coefficient (Wildman–Crippen LogP) is 25.7. The van der Waals surface area contributed by atoms with Crippen LogP contribution in [0.15, 0.2) is 109 Å². The zero-order valence-electron chi connectivity index (χ0n) is 62.8. The van der Waals surface area contributed by atoms with Crippen LogP contribution in [-0.2, 0) is 33.3 Å². The lowest BCUT2D eigenvalue weighted by atomic mass is 10.0. The third kappa shape index (κ3) is 77.2. The first kappa shape index (κ1) is 91.0. The quantitative estimate of drug-likeness (QED) is 0.0211. The highest BCUT2D eigenvalue weighted by molar-refractivity contribution is 5.71. The number of esters is 2. The monoisotopic (exact) mass is 1330 g/mol. The summed E-state index contributed by atoms with van der Waals surface area (Å²) in [6.07, 6.45) is 104. The molecule has 1 N–H and O–H groups in total. The number of hydrogen-bond donors (Lipinski definition) is 1. The van der Waals surface area contributed by atoms with E-state index < -0.39 is 24.3 Å². The molecule has 0 fully saturated rings. The van der Waals surface area contributed by atoms with Crippen molar-refractivity contribution in [2.75, 3.05) is 47.5 Å². The molecule has 0 aliphatic carbocycles. The molecule has 9 nitrogen and oxygen atoms in total. The van der Waals surface area contributed by atoms with Crippen molar-refractivity contribution < 1.29 is 42.9 Å². The third-order valence-electron chi connectivity index (χ3n) is 17.5. The van der Waals surface area contributed by atoms with Crippen molar-refractivity contribution in [3.63, 3.8) is 0 Å². The Bertz CT molecular complexity index is 1930. The van der Waals surface area contributed by atoms with Crippen LogP contribution in [0.3, 0.4) is 0 Å². The maximum Gasteiger partial charge on any atom is 0.361 e. The van der Waals surface area contributed by atoms with Crippen LogP contribution >= 0.6 is 0 Å². The van der Waals surface area contributed by atoms with Crippen LogP contribution in [0.1, 0.15) is 361 Å². The molecule has 0 amide bonds. The number of allylic oxidation sites excluding steroid dienone is 18. The van der Waals surface area contributed by atoms with Crippen molar-refractivity contribution in [2.45, 2.75) is 373 Å². The van der Waals surface area contributed by atoms with Crippen LogP contribution < -0.4 is 0 Å². The van der Waals surface area contributed by atoms with E-state index in [0.717, 1.165) is 103 Å². The molecule has 0 aromatic rings. The molecule has 0 aliphatic rings. The topological polar surface area (TPSA) is 108 Å². The first-order chi connectivity index (χ1) is 46.6. The van der Waals surface area contributed by atoms with E-state index in [0.29, 0.717) is 17.4 Å². The first-order valence-electron chi connectivity index (χ1n) is 40.1. The number of quaternary nitrogens is 1. The number of carbonyl (C=O) groups is 3. The molecule has 0 bridgehead atoms. The molecule has 0 saturated carbocycles. The number of carbonyl (C=O) groups excluding carboxylic acids is 2. The smallest absolute Gasteiger partial charge is 0.361 e. The number of rotatable bonds is 74. The van der Waals surface area contributed by atoms with Gasteiger partial charge in [0.2, 0.25) is 0 Å². The van der Waals surface area contributed by atoms with Gasteiger partial charge in [-0.2, -0.15) is 0 Å². The largest absolute Gasteiger partial charge is 0.477 e. The second-order valence-electron chi connectivity index (χ2n) is 28.0. The summed E-state index contributed by atoms with van der Waals surface area (Å²) >= 11 is 0. The number of carboxylic acids is 1. The lowest BCUT2D eigenvalue weighted by molar-refractivity contribution is -0.870. The molecule has 548 valence electrons.